The third kappa shape index (κ3) is 10.1. The second-order valence-corrected chi connectivity index (χ2v) is 7.94. The van der Waals surface area contributed by atoms with Crippen molar-refractivity contribution in [1.82, 2.24) is 10.2 Å². The highest BCUT2D eigenvalue weighted by molar-refractivity contribution is 5.90. The minimum atomic E-state index is -1.03. The largest absolute Gasteiger partial charge is 0.466 e. The van der Waals surface area contributed by atoms with Crippen molar-refractivity contribution < 1.29 is 33.4 Å². The summed E-state index contributed by atoms with van der Waals surface area (Å²) in [6.45, 7) is 12.4. The van der Waals surface area contributed by atoms with E-state index in [4.69, 9.17) is 14.2 Å². The summed E-state index contributed by atoms with van der Waals surface area (Å²) in [4.78, 5) is 50.4. The molecule has 0 aromatic carbocycles. The number of ether oxygens (including phenoxy) is 3. The molecule has 2 atom stereocenters. The predicted octanol–water partition coefficient (Wildman–Crippen LogP) is 2.27. The fourth-order valence-electron chi connectivity index (χ4n) is 2.62. The number of hydrogen-bond donors (Lipinski definition) is 1. The molecule has 0 fully saturated rings. The molecule has 29 heavy (non-hydrogen) atoms. The van der Waals surface area contributed by atoms with Gasteiger partial charge in [0, 0.05) is 13.5 Å². The smallest absolute Gasteiger partial charge is 0.410 e. The van der Waals surface area contributed by atoms with Crippen LogP contribution >= 0.6 is 0 Å². The monoisotopic (exact) mass is 416 g/mol. The van der Waals surface area contributed by atoms with E-state index < -0.39 is 41.6 Å². The average Bonchev–Trinajstić information content (AvgIpc) is 2.57. The maximum Gasteiger partial charge on any atom is 0.410 e. The van der Waals surface area contributed by atoms with Crippen LogP contribution in [0.2, 0.25) is 0 Å². The van der Waals surface area contributed by atoms with E-state index in [0.29, 0.717) is 0 Å². The van der Waals surface area contributed by atoms with Crippen molar-refractivity contribution in [3.8, 4) is 0 Å². The van der Waals surface area contributed by atoms with Gasteiger partial charge in [0.2, 0.25) is 5.91 Å². The fraction of sp³-hybridized carbons (Fsp3) is 0.800. The van der Waals surface area contributed by atoms with Crippen LogP contribution in [0.1, 0.15) is 61.3 Å². The van der Waals surface area contributed by atoms with Crippen LogP contribution in [-0.4, -0.2) is 66.8 Å². The number of nitrogens with one attached hydrogen (secondary N) is 1. The molecular formula is C20H36N2O7. The Morgan fingerprint density at radius 1 is 1.00 bits per heavy atom. The number of nitrogens with zero attached hydrogens (tertiary/aromatic N) is 1. The van der Waals surface area contributed by atoms with Crippen molar-refractivity contribution in [2.24, 2.45) is 5.92 Å². The first-order chi connectivity index (χ1) is 13.3. The number of hydrogen-bond acceptors (Lipinski definition) is 7. The van der Waals surface area contributed by atoms with Gasteiger partial charge in [-0.3, -0.25) is 14.5 Å². The van der Waals surface area contributed by atoms with Gasteiger partial charge in [0.15, 0.2) is 0 Å². The molecule has 0 aromatic rings. The highest BCUT2D eigenvalue weighted by Crippen LogP contribution is 2.16. The molecule has 0 saturated heterocycles. The normalized spacial score (nSPS) is 13.3. The summed E-state index contributed by atoms with van der Waals surface area (Å²) < 4.78 is 15.2. The van der Waals surface area contributed by atoms with Crippen LogP contribution < -0.4 is 5.32 Å². The Bertz CT molecular complexity index is 570. The average molecular weight is 417 g/mol. The van der Waals surface area contributed by atoms with Gasteiger partial charge in [-0.05, 0) is 47.0 Å². The summed E-state index contributed by atoms with van der Waals surface area (Å²) in [6, 6.07) is -1.90. The van der Waals surface area contributed by atoms with Crippen LogP contribution in [0.4, 0.5) is 4.79 Å². The number of esters is 2. The number of rotatable bonds is 10. The summed E-state index contributed by atoms with van der Waals surface area (Å²) in [5, 5.41) is 2.61. The van der Waals surface area contributed by atoms with Crippen LogP contribution in [-0.2, 0) is 28.6 Å². The molecule has 2 amide bonds. The highest BCUT2D eigenvalue weighted by atomic mass is 16.6. The van der Waals surface area contributed by atoms with Crippen LogP contribution in [0.5, 0.6) is 0 Å². The van der Waals surface area contributed by atoms with Crippen molar-refractivity contribution in [2.45, 2.75) is 79.0 Å². The Labute approximate surface area is 173 Å². The van der Waals surface area contributed by atoms with Gasteiger partial charge in [-0.25, -0.2) is 9.59 Å². The number of amides is 2. The number of carbonyl (C=O) groups is 4. The van der Waals surface area contributed by atoms with E-state index >= 15 is 0 Å². The third-order valence-electron chi connectivity index (χ3n) is 3.83. The Morgan fingerprint density at radius 3 is 2.00 bits per heavy atom. The lowest BCUT2D eigenvalue weighted by Crippen LogP contribution is -2.55. The zero-order valence-corrected chi connectivity index (χ0v) is 18.9. The maximum atomic E-state index is 12.9. The van der Waals surface area contributed by atoms with Crippen LogP contribution in [0, 0.1) is 5.92 Å². The van der Waals surface area contributed by atoms with Crippen LogP contribution in [0.25, 0.3) is 0 Å². The number of carbonyl (C=O) groups excluding carboxylic acids is 4. The SMILES string of the molecule is CCOC(=O)CC[C@@H](NC(=O)[C@H](C(C)C)N(C)C(=O)OC(C)(C)C)C(=O)OCC. The van der Waals surface area contributed by atoms with Gasteiger partial charge < -0.3 is 19.5 Å². The quantitative estimate of drug-likeness (QED) is 0.429. The molecule has 0 radical (unpaired) electrons. The van der Waals surface area contributed by atoms with E-state index in [9.17, 15) is 19.2 Å². The van der Waals surface area contributed by atoms with E-state index in [1.807, 2.05) is 0 Å². The lowest BCUT2D eigenvalue weighted by molar-refractivity contribution is -0.149. The van der Waals surface area contributed by atoms with Crippen LogP contribution in [0.15, 0.2) is 0 Å². The van der Waals surface area contributed by atoms with E-state index in [-0.39, 0.29) is 32.0 Å². The van der Waals surface area contributed by atoms with Gasteiger partial charge in [0.05, 0.1) is 13.2 Å². The van der Waals surface area contributed by atoms with Gasteiger partial charge >= 0.3 is 18.0 Å². The minimum absolute atomic E-state index is 0.0321. The predicted molar refractivity (Wildman–Crippen MR) is 107 cm³/mol. The molecule has 0 saturated carbocycles. The van der Waals surface area contributed by atoms with E-state index in [1.54, 1.807) is 48.5 Å². The van der Waals surface area contributed by atoms with Crippen molar-refractivity contribution in [1.29, 1.82) is 0 Å². The maximum absolute atomic E-state index is 12.9. The molecule has 9 heteroatoms. The molecule has 0 aliphatic heterocycles. The zero-order valence-electron chi connectivity index (χ0n) is 18.9. The Hall–Kier alpha value is -2.32. The lowest BCUT2D eigenvalue weighted by Gasteiger charge is -2.33. The molecule has 9 nitrogen and oxygen atoms in total. The molecule has 0 aliphatic carbocycles. The summed E-state index contributed by atoms with van der Waals surface area (Å²) >= 11 is 0. The van der Waals surface area contributed by atoms with Crippen molar-refractivity contribution in [3.63, 3.8) is 0 Å². The Kier molecular flexibility index (Phi) is 11.3. The lowest BCUT2D eigenvalue weighted by atomic mass is 10.0. The molecule has 0 bridgehead atoms. The molecule has 1 N–H and O–H groups in total. The standard InChI is InChI=1S/C20H36N2O7/c1-9-27-15(23)12-11-14(18(25)28-10-2)21-17(24)16(13(3)4)22(8)19(26)29-20(5,6)7/h13-14,16H,9-12H2,1-8H3,(H,21,24)/t14-,16+/m1/s1. The summed E-state index contributed by atoms with van der Waals surface area (Å²) in [5.41, 5.74) is -0.712. The van der Waals surface area contributed by atoms with E-state index in [1.165, 1.54) is 11.9 Å². The molecule has 168 valence electrons. The second-order valence-electron chi connectivity index (χ2n) is 7.94. The topological polar surface area (TPSA) is 111 Å². The highest BCUT2D eigenvalue weighted by Gasteiger charge is 2.35. The van der Waals surface area contributed by atoms with Gasteiger partial charge in [-0.15, -0.1) is 0 Å². The minimum Gasteiger partial charge on any atom is -0.466 e. The first-order valence-corrected chi connectivity index (χ1v) is 9.92. The summed E-state index contributed by atoms with van der Waals surface area (Å²) in [6.07, 6.45) is -0.665. The molecule has 0 spiro atoms. The molecular weight excluding hydrogens is 380 g/mol. The van der Waals surface area contributed by atoms with Crippen molar-refractivity contribution in [2.75, 3.05) is 20.3 Å². The number of likely N-dealkylation sites (N-methyl/N-ethyl adjacent to an activating group) is 1. The first kappa shape index (κ1) is 26.7. The van der Waals surface area contributed by atoms with Gasteiger partial charge in [0.1, 0.15) is 17.7 Å². The molecule has 0 heterocycles. The van der Waals surface area contributed by atoms with Gasteiger partial charge in [0.25, 0.3) is 0 Å². The Morgan fingerprint density at radius 2 is 1.55 bits per heavy atom. The molecule has 0 rings (SSSR count). The van der Waals surface area contributed by atoms with E-state index in [2.05, 4.69) is 5.32 Å². The van der Waals surface area contributed by atoms with Gasteiger partial charge in [-0.2, -0.15) is 0 Å². The molecule has 0 aromatic heterocycles. The third-order valence-corrected chi connectivity index (χ3v) is 3.83. The molecule has 0 unspecified atom stereocenters. The van der Waals surface area contributed by atoms with Crippen molar-refractivity contribution in [3.05, 3.63) is 0 Å². The Balaban J connectivity index is 5.33. The van der Waals surface area contributed by atoms with E-state index in [0.717, 1.165) is 0 Å². The van der Waals surface area contributed by atoms with Crippen molar-refractivity contribution >= 4 is 23.9 Å². The first-order valence-electron chi connectivity index (χ1n) is 9.92. The molecule has 0 aliphatic rings. The van der Waals surface area contributed by atoms with Gasteiger partial charge in [-0.1, -0.05) is 13.8 Å². The fourth-order valence-corrected chi connectivity index (χ4v) is 2.62. The zero-order chi connectivity index (χ0) is 22.8. The summed E-state index contributed by atoms with van der Waals surface area (Å²) in [7, 11) is 1.47. The second kappa shape index (κ2) is 12.3. The van der Waals surface area contributed by atoms with Crippen LogP contribution in [0.3, 0.4) is 0 Å². The summed E-state index contributed by atoms with van der Waals surface area (Å²) in [5.74, 6) is -1.90.